The van der Waals surface area contributed by atoms with Gasteiger partial charge in [-0.05, 0) is 60.7 Å². The van der Waals surface area contributed by atoms with Crippen LogP contribution in [0.3, 0.4) is 0 Å². The van der Waals surface area contributed by atoms with Crippen molar-refractivity contribution in [3.05, 3.63) is 76.3 Å². The van der Waals surface area contributed by atoms with Gasteiger partial charge in [0.15, 0.2) is 0 Å². The van der Waals surface area contributed by atoms with Gasteiger partial charge in [0.25, 0.3) is 11.6 Å². The van der Waals surface area contributed by atoms with Gasteiger partial charge < -0.3 is 15.7 Å². The third-order valence-electron chi connectivity index (χ3n) is 5.52. The summed E-state index contributed by atoms with van der Waals surface area (Å²) in [5, 5.41) is 29.3. The Kier molecular flexibility index (Phi) is 5.63. The van der Waals surface area contributed by atoms with Crippen LogP contribution in [0.4, 0.5) is 17.1 Å². The Morgan fingerprint density at radius 3 is 2.43 bits per heavy atom. The van der Waals surface area contributed by atoms with E-state index in [-0.39, 0.29) is 23.4 Å². The fourth-order valence-corrected chi connectivity index (χ4v) is 3.86. The van der Waals surface area contributed by atoms with Crippen molar-refractivity contribution < 1.29 is 14.8 Å². The summed E-state index contributed by atoms with van der Waals surface area (Å²) in [6.07, 6.45) is 2.57. The van der Waals surface area contributed by atoms with Crippen LogP contribution in [0.15, 0.2) is 60.7 Å². The van der Waals surface area contributed by atoms with Crippen LogP contribution >= 0.6 is 0 Å². The Morgan fingerprint density at radius 2 is 1.70 bits per heavy atom. The minimum absolute atomic E-state index is 0.0735. The van der Waals surface area contributed by atoms with Crippen molar-refractivity contribution in [3.8, 4) is 0 Å². The van der Waals surface area contributed by atoms with E-state index in [1.54, 1.807) is 12.1 Å². The van der Waals surface area contributed by atoms with E-state index in [1.807, 2.05) is 42.5 Å². The van der Waals surface area contributed by atoms with E-state index in [2.05, 4.69) is 10.6 Å². The molecule has 7 nitrogen and oxygen atoms in total. The molecule has 0 unspecified atom stereocenters. The summed E-state index contributed by atoms with van der Waals surface area (Å²) in [5.74, 6) is -0.402. The van der Waals surface area contributed by atoms with Gasteiger partial charge in [-0.1, -0.05) is 30.3 Å². The first-order chi connectivity index (χ1) is 14.5. The number of nitro benzene ring substituents is 1. The molecule has 3 aromatic rings. The fraction of sp³-hybridized carbons (Fsp3) is 0.261. The van der Waals surface area contributed by atoms with Crippen molar-refractivity contribution in [1.29, 1.82) is 0 Å². The minimum Gasteiger partial charge on any atom is -0.393 e. The zero-order valence-electron chi connectivity index (χ0n) is 16.4. The first-order valence-electron chi connectivity index (χ1n) is 10.0. The molecule has 4 rings (SSSR count). The molecule has 0 bridgehead atoms. The molecule has 7 heteroatoms. The molecule has 1 fully saturated rings. The van der Waals surface area contributed by atoms with Gasteiger partial charge in [-0.2, -0.15) is 0 Å². The highest BCUT2D eigenvalue weighted by Gasteiger charge is 2.23. The number of fused-ring (bicyclic) bond motifs is 1. The Morgan fingerprint density at radius 1 is 0.967 bits per heavy atom. The standard InChI is InChI=1S/C23H23N3O4/c27-20-10-8-18(9-11-20)24-21-12-6-17(14-22(21)26(29)30)23(28)25-19-7-5-15-3-1-2-4-16(15)13-19/h1-7,12-14,18,20,24,27H,8-11H2,(H,25,28). The average molecular weight is 405 g/mol. The van der Waals surface area contributed by atoms with Crippen molar-refractivity contribution in [3.63, 3.8) is 0 Å². The van der Waals surface area contributed by atoms with E-state index in [0.29, 0.717) is 24.2 Å². The van der Waals surface area contributed by atoms with Crippen LogP contribution in [0, 0.1) is 10.1 Å². The number of carbonyl (C=O) groups is 1. The molecule has 0 atom stereocenters. The van der Waals surface area contributed by atoms with Gasteiger partial charge in [0.05, 0.1) is 11.0 Å². The first-order valence-corrected chi connectivity index (χ1v) is 10.0. The SMILES string of the molecule is O=C(Nc1ccc2ccccc2c1)c1ccc(NC2CCC(O)CC2)c([N+](=O)[O-])c1. The number of amides is 1. The highest BCUT2D eigenvalue weighted by atomic mass is 16.6. The van der Waals surface area contributed by atoms with Gasteiger partial charge >= 0.3 is 0 Å². The number of hydrogen-bond acceptors (Lipinski definition) is 5. The lowest BCUT2D eigenvalue weighted by molar-refractivity contribution is -0.384. The zero-order valence-corrected chi connectivity index (χ0v) is 16.4. The quantitative estimate of drug-likeness (QED) is 0.421. The van der Waals surface area contributed by atoms with E-state index in [1.165, 1.54) is 6.07 Å². The maximum atomic E-state index is 12.7. The summed E-state index contributed by atoms with van der Waals surface area (Å²) in [7, 11) is 0. The lowest BCUT2D eigenvalue weighted by atomic mass is 9.93. The average Bonchev–Trinajstić information content (AvgIpc) is 2.75. The summed E-state index contributed by atoms with van der Waals surface area (Å²) in [6.45, 7) is 0. The third-order valence-corrected chi connectivity index (χ3v) is 5.52. The maximum absolute atomic E-state index is 12.7. The van der Waals surface area contributed by atoms with Crippen molar-refractivity contribution in [2.24, 2.45) is 0 Å². The highest BCUT2D eigenvalue weighted by molar-refractivity contribution is 6.06. The molecule has 1 saturated carbocycles. The number of aliphatic hydroxyl groups is 1. The molecule has 3 N–H and O–H groups in total. The predicted octanol–water partition coefficient (Wildman–Crippen LogP) is 4.72. The van der Waals surface area contributed by atoms with Crippen molar-refractivity contribution in [1.82, 2.24) is 0 Å². The smallest absolute Gasteiger partial charge is 0.293 e. The van der Waals surface area contributed by atoms with Crippen LogP contribution in [-0.2, 0) is 0 Å². The Hall–Kier alpha value is -3.45. The van der Waals surface area contributed by atoms with Crippen LogP contribution in [0.2, 0.25) is 0 Å². The highest BCUT2D eigenvalue weighted by Crippen LogP contribution is 2.30. The maximum Gasteiger partial charge on any atom is 0.293 e. The second-order valence-corrected chi connectivity index (χ2v) is 7.65. The number of carbonyl (C=O) groups excluding carboxylic acids is 1. The van der Waals surface area contributed by atoms with Gasteiger partial charge in [0.1, 0.15) is 5.69 Å². The molecule has 30 heavy (non-hydrogen) atoms. The number of nitrogens with zero attached hydrogens (tertiary/aromatic N) is 1. The molecule has 0 aliphatic heterocycles. The summed E-state index contributed by atoms with van der Waals surface area (Å²) in [5.41, 5.74) is 1.11. The van der Waals surface area contributed by atoms with E-state index < -0.39 is 10.8 Å². The predicted molar refractivity (Wildman–Crippen MR) is 117 cm³/mol. The van der Waals surface area contributed by atoms with Crippen LogP contribution in [-0.4, -0.2) is 28.1 Å². The molecule has 0 saturated heterocycles. The van der Waals surface area contributed by atoms with Crippen LogP contribution in [0.1, 0.15) is 36.0 Å². The van der Waals surface area contributed by atoms with Gasteiger partial charge in [-0.25, -0.2) is 0 Å². The van der Waals surface area contributed by atoms with Crippen LogP contribution in [0.25, 0.3) is 10.8 Å². The molecule has 154 valence electrons. The number of rotatable bonds is 5. The topological polar surface area (TPSA) is 104 Å². The van der Waals surface area contributed by atoms with Gasteiger partial charge in [-0.15, -0.1) is 0 Å². The largest absolute Gasteiger partial charge is 0.393 e. The molecule has 0 heterocycles. The number of anilines is 2. The minimum atomic E-state index is -0.479. The van der Waals surface area contributed by atoms with Crippen molar-refractivity contribution >= 4 is 33.7 Å². The summed E-state index contributed by atoms with van der Waals surface area (Å²) >= 11 is 0. The number of benzene rings is 3. The van der Waals surface area contributed by atoms with Gasteiger partial charge in [0.2, 0.25) is 0 Å². The number of nitrogens with one attached hydrogen (secondary N) is 2. The Balaban J connectivity index is 1.52. The lowest BCUT2D eigenvalue weighted by Gasteiger charge is -2.26. The van der Waals surface area contributed by atoms with Gasteiger partial charge in [0, 0.05) is 23.4 Å². The molecule has 0 radical (unpaired) electrons. The molecule has 0 spiro atoms. The van der Waals surface area contributed by atoms with Crippen molar-refractivity contribution in [2.45, 2.75) is 37.8 Å². The monoisotopic (exact) mass is 405 g/mol. The molecule has 1 amide bonds. The molecular weight excluding hydrogens is 382 g/mol. The van der Waals surface area contributed by atoms with Crippen LogP contribution < -0.4 is 10.6 Å². The molecule has 1 aliphatic rings. The third kappa shape index (κ3) is 4.41. The van der Waals surface area contributed by atoms with Crippen molar-refractivity contribution in [2.75, 3.05) is 10.6 Å². The zero-order chi connectivity index (χ0) is 21.1. The normalized spacial score (nSPS) is 18.7. The number of aliphatic hydroxyl groups excluding tert-OH is 1. The molecule has 0 aromatic heterocycles. The fourth-order valence-electron chi connectivity index (χ4n) is 3.86. The van der Waals surface area contributed by atoms with E-state index in [0.717, 1.165) is 23.6 Å². The summed E-state index contributed by atoms with van der Waals surface area (Å²) in [6, 6.07) is 18.0. The Bertz CT molecular complexity index is 1090. The van der Waals surface area contributed by atoms with E-state index in [9.17, 15) is 20.0 Å². The second-order valence-electron chi connectivity index (χ2n) is 7.65. The van der Waals surface area contributed by atoms with E-state index >= 15 is 0 Å². The Labute approximate surface area is 173 Å². The molecule has 3 aromatic carbocycles. The number of hydrogen-bond donors (Lipinski definition) is 3. The number of nitro groups is 1. The first kappa shape index (κ1) is 19.8. The summed E-state index contributed by atoms with van der Waals surface area (Å²) in [4.78, 5) is 23.8. The van der Waals surface area contributed by atoms with Crippen LogP contribution in [0.5, 0.6) is 0 Å². The molecule has 1 aliphatic carbocycles. The van der Waals surface area contributed by atoms with E-state index in [4.69, 9.17) is 0 Å². The molecular formula is C23H23N3O4. The lowest BCUT2D eigenvalue weighted by Crippen LogP contribution is -2.28. The summed E-state index contributed by atoms with van der Waals surface area (Å²) < 4.78 is 0. The second kappa shape index (κ2) is 8.51. The van der Waals surface area contributed by atoms with Gasteiger partial charge in [-0.3, -0.25) is 14.9 Å².